The Hall–Kier alpha value is -4.58. The molecule has 4 aromatic rings. The lowest BCUT2D eigenvalue weighted by atomic mass is 10.0. The third kappa shape index (κ3) is 5.73. The average molecular weight is 428 g/mol. The van der Waals surface area contributed by atoms with E-state index in [-0.39, 0.29) is 22.6 Å². The van der Waals surface area contributed by atoms with Crippen molar-refractivity contribution >= 4 is 11.9 Å². The van der Waals surface area contributed by atoms with Gasteiger partial charge in [-0.1, -0.05) is 48.5 Å². The molecule has 4 aromatic carbocycles. The first-order valence-electron chi connectivity index (χ1n) is 9.59. The van der Waals surface area contributed by atoms with E-state index in [4.69, 9.17) is 20.4 Å². The fraction of sp³-hybridized carbons (Fsp3) is 0. The molecule has 160 valence electrons. The molecule has 0 radical (unpaired) electrons. The summed E-state index contributed by atoms with van der Waals surface area (Å²) in [6.45, 7) is 0. The predicted octanol–water partition coefficient (Wildman–Crippen LogP) is 5.51. The second-order valence-corrected chi connectivity index (χ2v) is 6.86. The van der Waals surface area contributed by atoms with Crippen molar-refractivity contribution in [2.24, 2.45) is 0 Å². The van der Waals surface area contributed by atoms with Gasteiger partial charge in [0.2, 0.25) is 0 Å². The molecule has 4 rings (SSSR count). The molecule has 0 heterocycles. The van der Waals surface area contributed by atoms with E-state index in [0.717, 1.165) is 22.3 Å². The molecule has 6 heteroatoms. The lowest BCUT2D eigenvalue weighted by molar-refractivity contribution is 0.0686. The Morgan fingerprint density at radius 1 is 0.406 bits per heavy atom. The van der Waals surface area contributed by atoms with Crippen LogP contribution in [0.3, 0.4) is 0 Å². The molecule has 0 aromatic heterocycles. The number of aromatic hydroxyl groups is 2. The monoisotopic (exact) mass is 428 g/mol. The predicted molar refractivity (Wildman–Crippen MR) is 121 cm³/mol. The van der Waals surface area contributed by atoms with Crippen LogP contribution in [-0.4, -0.2) is 32.4 Å². The van der Waals surface area contributed by atoms with E-state index in [9.17, 15) is 9.59 Å². The molecule has 0 bridgehead atoms. The van der Waals surface area contributed by atoms with Crippen LogP contribution in [0.2, 0.25) is 0 Å². The van der Waals surface area contributed by atoms with Crippen molar-refractivity contribution in [3.05, 3.63) is 108 Å². The van der Waals surface area contributed by atoms with Crippen LogP contribution < -0.4 is 0 Å². The van der Waals surface area contributed by atoms with Gasteiger partial charge < -0.3 is 20.4 Å². The Kier molecular flexibility index (Phi) is 6.88. The Labute approximate surface area is 184 Å². The summed E-state index contributed by atoms with van der Waals surface area (Å²) in [6, 6.07) is 26.7. The summed E-state index contributed by atoms with van der Waals surface area (Å²) >= 11 is 0. The number of carboxylic acids is 2. The Morgan fingerprint density at radius 2 is 0.625 bits per heavy atom. The van der Waals surface area contributed by atoms with Gasteiger partial charge in [-0.15, -0.1) is 0 Å². The number of carboxylic acid groups (broad SMARTS) is 2. The third-order valence-electron chi connectivity index (χ3n) is 4.66. The molecule has 0 unspecified atom stereocenters. The van der Waals surface area contributed by atoms with Crippen LogP contribution in [-0.2, 0) is 0 Å². The number of hydrogen-bond acceptors (Lipinski definition) is 4. The second-order valence-electron chi connectivity index (χ2n) is 6.86. The Morgan fingerprint density at radius 3 is 0.844 bits per heavy atom. The van der Waals surface area contributed by atoms with Crippen molar-refractivity contribution < 1.29 is 30.0 Å². The van der Waals surface area contributed by atoms with Crippen molar-refractivity contribution in [3.63, 3.8) is 0 Å². The first-order valence-corrected chi connectivity index (χ1v) is 9.59. The van der Waals surface area contributed by atoms with Crippen LogP contribution in [0, 0.1) is 0 Å². The number of rotatable bonds is 4. The highest BCUT2D eigenvalue weighted by atomic mass is 16.4. The first-order chi connectivity index (χ1) is 15.3. The number of aromatic carboxylic acids is 2. The van der Waals surface area contributed by atoms with Crippen LogP contribution in [0.5, 0.6) is 11.5 Å². The van der Waals surface area contributed by atoms with Crippen molar-refractivity contribution in [3.8, 4) is 33.8 Å². The van der Waals surface area contributed by atoms with E-state index in [2.05, 4.69) is 0 Å². The van der Waals surface area contributed by atoms with E-state index in [1.54, 1.807) is 48.5 Å². The van der Waals surface area contributed by atoms with Crippen LogP contribution >= 0.6 is 0 Å². The van der Waals surface area contributed by atoms with Crippen molar-refractivity contribution in [1.82, 2.24) is 0 Å². The summed E-state index contributed by atoms with van der Waals surface area (Å²) in [4.78, 5) is 21.4. The second kappa shape index (κ2) is 9.95. The third-order valence-corrected chi connectivity index (χ3v) is 4.66. The molecule has 0 spiro atoms. The van der Waals surface area contributed by atoms with Crippen molar-refractivity contribution in [2.75, 3.05) is 0 Å². The lowest BCUT2D eigenvalue weighted by Crippen LogP contribution is -1.96. The van der Waals surface area contributed by atoms with Gasteiger partial charge in [0.15, 0.2) is 0 Å². The van der Waals surface area contributed by atoms with Crippen molar-refractivity contribution in [1.29, 1.82) is 0 Å². The summed E-state index contributed by atoms with van der Waals surface area (Å²) in [5.41, 5.74) is 4.17. The molecule has 0 aliphatic carbocycles. The lowest BCUT2D eigenvalue weighted by Gasteiger charge is -2.03. The number of benzene rings is 4. The number of phenolic OH excluding ortho intramolecular Hbond substituents is 2. The minimum atomic E-state index is -0.970. The maximum Gasteiger partial charge on any atom is 0.335 e. The minimum absolute atomic E-state index is 0.223. The van der Waals surface area contributed by atoms with E-state index >= 15 is 0 Å². The van der Waals surface area contributed by atoms with Gasteiger partial charge in [-0.3, -0.25) is 0 Å². The van der Waals surface area contributed by atoms with Gasteiger partial charge >= 0.3 is 11.9 Å². The SMILES string of the molecule is O=C(O)c1ccc(-c2ccc(C(=O)O)cc2)cc1.Oc1ccc(-c2ccc(O)cc2)cc1. The van der Waals surface area contributed by atoms with Gasteiger partial charge in [0.25, 0.3) is 0 Å². The molecular formula is C26H20O6. The molecule has 0 amide bonds. The van der Waals surface area contributed by atoms with E-state index in [1.165, 1.54) is 24.3 Å². The Balaban J connectivity index is 0.000000186. The first kappa shape index (κ1) is 22.1. The summed E-state index contributed by atoms with van der Waals surface area (Å²) in [5.74, 6) is -1.43. The fourth-order valence-corrected chi connectivity index (χ4v) is 2.92. The smallest absolute Gasteiger partial charge is 0.335 e. The van der Waals surface area contributed by atoms with Gasteiger partial charge in [-0.25, -0.2) is 9.59 Å². The highest BCUT2D eigenvalue weighted by Gasteiger charge is 2.05. The van der Waals surface area contributed by atoms with Gasteiger partial charge in [-0.2, -0.15) is 0 Å². The van der Waals surface area contributed by atoms with Gasteiger partial charge in [0.05, 0.1) is 11.1 Å². The molecule has 0 saturated heterocycles. The zero-order chi connectivity index (χ0) is 23.1. The summed E-state index contributed by atoms with van der Waals surface area (Å²) < 4.78 is 0. The zero-order valence-corrected chi connectivity index (χ0v) is 16.8. The van der Waals surface area contributed by atoms with Gasteiger partial charge in [0, 0.05) is 0 Å². The summed E-state index contributed by atoms with van der Waals surface area (Å²) in [6.07, 6.45) is 0. The maximum atomic E-state index is 10.7. The van der Waals surface area contributed by atoms with Crippen LogP contribution in [0.15, 0.2) is 97.1 Å². The van der Waals surface area contributed by atoms with Crippen LogP contribution in [0.4, 0.5) is 0 Å². The normalized spacial score (nSPS) is 10.0. The number of hydrogen-bond donors (Lipinski definition) is 4. The minimum Gasteiger partial charge on any atom is -0.508 e. The number of phenols is 2. The maximum absolute atomic E-state index is 10.7. The average Bonchev–Trinajstić information content (AvgIpc) is 2.81. The molecule has 0 aliphatic rings. The van der Waals surface area contributed by atoms with Gasteiger partial charge in [0.1, 0.15) is 11.5 Å². The summed E-state index contributed by atoms with van der Waals surface area (Å²) in [7, 11) is 0. The highest BCUT2D eigenvalue weighted by Crippen LogP contribution is 2.23. The quantitative estimate of drug-likeness (QED) is 0.340. The zero-order valence-electron chi connectivity index (χ0n) is 16.8. The van der Waals surface area contributed by atoms with Crippen LogP contribution in [0.25, 0.3) is 22.3 Å². The molecule has 0 fully saturated rings. The largest absolute Gasteiger partial charge is 0.508 e. The molecule has 4 N–H and O–H groups in total. The van der Waals surface area contributed by atoms with Crippen LogP contribution in [0.1, 0.15) is 20.7 Å². The standard InChI is InChI=1S/C14H10O4.C12H10O2/c15-13(16)11-5-1-9(2-6-11)10-3-7-12(8-4-10)14(17)18;13-11-5-1-9(2-6-11)10-3-7-12(14)8-4-10/h1-8H,(H,15,16)(H,17,18);1-8,13-14H. The molecule has 6 nitrogen and oxygen atoms in total. The van der Waals surface area contributed by atoms with E-state index in [1.807, 2.05) is 24.3 Å². The van der Waals surface area contributed by atoms with Crippen molar-refractivity contribution in [2.45, 2.75) is 0 Å². The number of carbonyl (C=O) groups is 2. The topological polar surface area (TPSA) is 115 Å². The molecular weight excluding hydrogens is 408 g/mol. The van der Waals surface area contributed by atoms with Gasteiger partial charge in [-0.05, 0) is 70.8 Å². The molecule has 0 aliphatic heterocycles. The molecule has 32 heavy (non-hydrogen) atoms. The summed E-state index contributed by atoms with van der Waals surface area (Å²) in [5, 5.41) is 35.8. The highest BCUT2D eigenvalue weighted by molar-refractivity contribution is 5.89. The molecule has 0 atom stereocenters. The Bertz CT molecular complexity index is 1090. The van der Waals surface area contributed by atoms with E-state index < -0.39 is 11.9 Å². The molecule has 0 saturated carbocycles. The fourth-order valence-electron chi connectivity index (χ4n) is 2.92. The van der Waals surface area contributed by atoms with E-state index in [0.29, 0.717) is 0 Å².